The first-order valence-electron chi connectivity index (χ1n) is 8.58. The van der Waals surface area contributed by atoms with Gasteiger partial charge in [0.2, 0.25) is 0 Å². The van der Waals surface area contributed by atoms with Gasteiger partial charge < -0.3 is 10.2 Å². The van der Waals surface area contributed by atoms with Crippen LogP contribution in [0.15, 0.2) is 12.1 Å². The quantitative estimate of drug-likeness (QED) is 0.407. The van der Waals surface area contributed by atoms with Crippen LogP contribution in [0.2, 0.25) is 0 Å². The van der Waals surface area contributed by atoms with E-state index in [1.54, 1.807) is 12.1 Å². The van der Waals surface area contributed by atoms with Crippen molar-refractivity contribution in [3.63, 3.8) is 0 Å². The van der Waals surface area contributed by atoms with Crippen LogP contribution in [0, 0.1) is 6.92 Å². The SMILES string of the molecule is CCCCCCCCCCC(C)c1cc(O)c(C)cc1O. The molecule has 2 N–H and O–H groups in total. The van der Waals surface area contributed by atoms with Crippen molar-refractivity contribution in [2.24, 2.45) is 0 Å². The lowest BCUT2D eigenvalue weighted by Crippen LogP contribution is -1.95. The molecule has 21 heavy (non-hydrogen) atoms. The van der Waals surface area contributed by atoms with E-state index in [4.69, 9.17) is 0 Å². The van der Waals surface area contributed by atoms with Crippen LogP contribution in [0.3, 0.4) is 0 Å². The fourth-order valence-electron chi connectivity index (χ4n) is 2.83. The molecule has 0 fully saturated rings. The number of benzene rings is 1. The number of aromatic hydroxyl groups is 2. The fourth-order valence-corrected chi connectivity index (χ4v) is 2.83. The van der Waals surface area contributed by atoms with E-state index in [-0.39, 0.29) is 5.75 Å². The fraction of sp³-hybridized carbons (Fsp3) is 0.684. The summed E-state index contributed by atoms with van der Waals surface area (Å²) in [6, 6.07) is 3.38. The van der Waals surface area contributed by atoms with E-state index >= 15 is 0 Å². The van der Waals surface area contributed by atoms with Gasteiger partial charge in [0, 0.05) is 5.56 Å². The molecule has 1 unspecified atom stereocenters. The molecular weight excluding hydrogens is 260 g/mol. The zero-order chi connectivity index (χ0) is 15.7. The molecule has 0 bridgehead atoms. The topological polar surface area (TPSA) is 40.5 Å². The normalized spacial score (nSPS) is 12.5. The van der Waals surface area contributed by atoms with Crippen LogP contribution >= 0.6 is 0 Å². The van der Waals surface area contributed by atoms with Gasteiger partial charge in [0.05, 0.1) is 0 Å². The summed E-state index contributed by atoms with van der Waals surface area (Å²) >= 11 is 0. The van der Waals surface area contributed by atoms with Gasteiger partial charge in [-0.25, -0.2) is 0 Å². The number of rotatable bonds is 10. The van der Waals surface area contributed by atoms with Crippen LogP contribution in [0.25, 0.3) is 0 Å². The summed E-state index contributed by atoms with van der Waals surface area (Å²) in [5.74, 6) is 0.902. The second kappa shape index (κ2) is 9.70. The highest BCUT2D eigenvalue weighted by atomic mass is 16.3. The molecule has 0 radical (unpaired) electrons. The standard InChI is InChI=1S/C19H32O2/c1-4-5-6-7-8-9-10-11-12-15(2)17-14-18(20)16(3)13-19(17)21/h13-15,20-21H,4-12H2,1-3H3. The van der Waals surface area contributed by atoms with Crippen molar-refractivity contribution in [1.29, 1.82) is 0 Å². The van der Waals surface area contributed by atoms with E-state index < -0.39 is 0 Å². The summed E-state index contributed by atoms with van der Waals surface area (Å²) in [5, 5.41) is 19.8. The van der Waals surface area contributed by atoms with Crippen LogP contribution in [-0.4, -0.2) is 10.2 Å². The molecule has 120 valence electrons. The van der Waals surface area contributed by atoms with Crippen molar-refractivity contribution in [3.05, 3.63) is 23.3 Å². The van der Waals surface area contributed by atoms with Gasteiger partial charge >= 0.3 is 0 Å². The zero-order valence-corrected chi connectivity index (χ0v) is 14.0. The summed E-state index contributed by atoms with van der Waals surface area (Å²) in [5.41, 5.74) is 1.61. The van der Waals surface area contributed by atoms with E-state index in [0.717, 1.165) is 17.5 Å². The Morgan fingerprint density at radius 2 is 1.43 bits per heavy atom. The minimum absolute atomic E-state index is 0.283. The van der Waals surface area contributed by atoms with Crippen LogP contribution in [-0.2, 0) is 0 Å². The second-order valence-electron chi connectivity index (χ2n) is 6.36. The number of hydrogen-bond donors (Lipinski definition) is 2. The third-order valence-electron chi connectivity index (χ3n) is 4.37. The first kappa shape index (κ1) is 17.9. The predicted molar refractivity (Wildman–Crippen MR) is 90.2 cm³/mol. The Morgan fingerprint density at radius 1 is 0.857 bits per heavy atom. The third kappa shape index (κ3) is 6.41. The van der Waals surface area contributed by atoms with Gasteiger partial charge in [-0.15, -0.1) is 0 Å². The van der Waals surface area contributed by atoms with E-state index in [1.165, 1.54) is 51.4 Å². The highest BCUT2D eigenvalue weighted by Crippen LogP contribution is 2.34. The van der Waals surface area contributed by atoms with Crippen LogP contribution < -0.4 is 0 Å². The number of aryl methyl sites for hydroxylation is 1. The number of unbranched alkanes of at least 4 members (excludes halogenated alkanes) is 7. The van der Waals surface area contributed by atoms with Gasteiger partial charge in [0.25, 0.3) is 0 Å². The van der Waals surface area contributed by atoms with Gasteiger partial charge in [0.1, 0.15) is 11.5 Å². The average Bonchev–Trinajstić information content (AvgIpc) is 2.45. The number of phenolic OH excluding ortho intramolecular Hbond substituents is 2. The maximum atomic E-state index is 10.00. The molecule has 0 saturated carbocycles. The molecule has 1 atom stereocenters. The molecule has 0 amide bonds. The Morgan fingerprint density at radius 3 is 2.05 bits per heavy atom. The Bertz CT molecular complexity index is 412. The molecule has 0 aromatic heterocycles. The molecule has 1 rings (SSSR count). The Labute approximate surface area is 130 Å². The summed E-state index contributed by atoms with van der Waals surface area (Å²) in [6.07, 6.45) is 11.6. The van der Waals surface area contributed by atoms with Crippen molar-refractivity contribution in [2.45, 2.75) is 84.5 Å². The third-order valence-corrected chi connectivity index (χ3v) is 4.37. The summed E-state index contributed by atoms with van der Waals surface area (Å²) < 4.78 is 0. The van der Waals surface area contributed by atoms with Crippen molar-refractivity contribution < 1.29 is 10.2 Å². The lowest BCUT2D eigenvalue weighted by Gasteiger charge is -2.15. The molecular formula is C19H32O2. The Hall–Kier alpha value is -1.18. The van der Waals surface area contributed by atoms with E-state index in [9.17, 15) is 10.2 Å². The van der Waals surface area contributed by atoms with Gasteiger partial charge in [0.15, 0.2) is 0 Å². The summed E-state index contributed by atoms with van der Waals surface area (Å²) in [4.78, 5) is 0. The molecule has 0 saturated heterocycles. The summed E-state index contributed by atoms with van der Waals surface area (Å²) in [7, 11) is 0. The van der Waals surface area contributed by atoms with Crippen LogP contribution in [0.4, 0.5) is 0 Å². The molecule has 0 aliphatic carbocycles. The molecule has 0 aliphatic rings. The molecule has 1 aromatic carbocycles. The minimum atomic E-state index is 0.283. The van der Waals surface area contributed by atoms with Crippen molar-refractivity contribution in [3.8, 4) is 11.5 Å². The maximum Gasteiger partial charge on any atom is 0.119 e. The molecule has 2 nitrogen and oxygen atoms in total. The number of phenols is 2. The largest absolute Gasteiger partial charge is 0.508 e. The predicted octanol–water partition coefficient (Wildman–Crippen LogP) is 6.04. The minimum Gasteiger partial charge on any atom is -0.508 e. The van der Waals surface area contributed by atoms with Gasteiger partial charge in [-0.2, -0.15) is 0 Å². The van der Waals surface area contributed by atoms with Gasteiger partial charge in [-0.1, -0.05) is 65.2 Å². The number of hydrogen-bond acceptors (Lipinski definition) is 2. The van der Waals surface area contributed by atoms with Crippen molar-refractivity contribution in [1.82, 2.24) is 0 Å². The highest BCUT2D eigenvalue weighted by molar-refractivity contribution is 5.45. The average molecular weight is 292 g/mol. The maximum absolute atomic E-state index is 10.00. The van der Waals surface area contributed by atoms with E-state index in [0.29, 0.717) is 11.7 Å². The monoisotopic (exact) mass is 292 g/mol. The van der Waals surface area contributed by atoms with Crippen LogP contribution in [0.5, 0.6) is 11.5 Å². The smallest absolute Gasteiger partial charge is 0.119 e. The van der Waals surface area contributed by atoms with Crippen molar-refractivity contribution >= 4 is 0 Å². The zero-order valence-electron chi connectivity index (χ0n) is 14.0. The van der Waals surface area contributed by atoms with E-state index in [1.807, 2.05) is 6.92 Å². The molecule has 1 aromatic rings. The Kier molecular flexibility index (Phi) is 8.26. The van der Waals surface area contributed by atoms with Crippen LogP contribution in [0.1, 0.15) is 88.7 Å². The lowest BCUT2D eigenvalue weighted by atomic mass is 9.93. The Balaban J connectivity index is 2.25. The first-order valence-corrected chi connectivity index (χ1v) is 8.58. The second-order valence-corrected chi connectivity index (χ2v) is 6.36. The summed E-state index contributed by atoms with van der Waals surface area (Å²) in [6.45, 7) is 6.19. The van der Waals surface area contributed by atoms with Crippen molar-refractivity contribution in [2.75, 3.05) is 0 Å². The van der Waals surface area contributed by atoms with Gasteiger partial charge in [-0.3, -0.25) is 0 Å². The molecule has 2 heteroatoms. The molecule has 0 heterocycles. The first-order chi connectivity index (χ1) is 10.1. The molecule has 0 aliphatic heterocycles. The highest BCUT2D eigenvalue weighted by Gasteiger charge is 2.12. The lowest BCUT2D eigenvalue weighted by molar-refractivity contribution is 0.442. The van der Waals surface area contributed by atoms with Gasteiger partial charge in [-0.05, 0) is 37.0 Å². The molecule has 0 spiro atoms. The van der Waals surface area contributed by atoms with E-state index in [2.05, 4.69) is 13.8 Å².